The lowest BCUT2D eigenvalue weighted by Crippen LogP contribution is -2.34. The molecule has 1 aliphatic heterocycles. The Kier molecular flexibility index (Phi) is 4.58. The summed E-state index contributed by atoms with van der Waals surface area (Å²) < 4.78 is 1.08. The molecular formula is C16H21N2O2S+. The molecule has 0 aromatic heterocycles. The maximum Gasteiger partial charge on any atom is 0.271 e. The van der Waals surface area contributed by atoms with E-state index in [1.165, 1.54) is 19.3 Å². The summed E-state index contributed by atoms with van der Waals surface area (Å²) in [5.74, 6) is 0.364. The molecule has 1 amide bonds. The number of carbonyl (C=O) groups is 1. The van der Waals surface area contributed by atoms with Crippen LogP contribution in [0.3, 0.4) is 0 Å². The molecule has 0 saturated heterocycles. The Balaban J connectivity index is 1.46. The molecule has 3 rings (SSSR count). The van der Waals surface area contributed by atoms with Crippen LogP contribution in [0, 0.1) is 10.8 Å². The van der Waals surface area contributed by atoms with Crippen molar-refractivity contribution in [2.45, 2.75) is 48.8 Å². The molecule has 2 aliphatic rings. The number of para-hydroxylation sites is 1. The number of nitroso groups, excluding NO2 is 1. The molecule has 1 heterocycles. The summed E-state index contributed by atoms with van der Waals surface area (Å²) in [5.41, 5.74) is 0.756. The van der Waals surface area contributed by atoms with Crippen LogP contribution in [-0.4, -0.2) is 22.6 Å². The third-order valence-corrected chi connectivity index (χ3v) is 5.59. The standard InChI is InChI=1S/C16H20N2O2S/c19-16(12-6-2-1-3-7-12)17-11-10-15-18(20)13-8-4-5-9-14(13)21-15/h4-5,8-9,12,15H,1-3,6-7,10-11H2/p+1. The first kappa shape index (κ1) is 14.6. The van der Waals surface area contributed by atoms with Crippen molar-refractivity contribution in [3.8, 4) is 0 Å². The van der Waals surface area contributed by atoms with Crippen molar-refractivity contribution in [3.63, 3.8) is 0 Å². The molecule has 1 saturated carbocycles. The quantitative estimate of drug-likeness (QED) is 0.864. The Bertz CT molecular complexity index is 541. The van der Waals surface area contributed by atoms with Crippen molar-refractivity contribution in [2.24, 2.45) is 5.92 Å². The first-order valence-electron chi connectivity index (χ1n) is 7.75. The fraction of sp³-hybridized carbons (Fsp3) is 0.562. The van der Waals surface area contributed by atoms with Crippen molar-refractivity contribution in [1.29, 1.82) is 0 Å². The van der Waals surface area contributed by atoms with Crippen LogP contribution in [0.5, 0.6) is 0 Å². The highest BCUT2D eigenvalue weighted by Crippen LogP contribution is 2.42. The third-order valence-electron chi connectivity index (χ3n) is 4.29. The first-order valence-corrected chi connectivity index (χ1v) is 8.63. The minimum Gasteiger partial charge on any atom is -0.356 e. The topological polar surface area (TPSA) is 49.2 Å². The molecule has 1 aromatic carbocycles. The zero-order chi connectivity index (χ0) is 14.7. The number of thioether (sulfide) groups is 1. The highest BCUT2D eigenvalue weighted by Gasteiger charge is 2.39. The van der Waals surface area contributed by atoms with E-state index in [9.17, 15) is 9.70 Å². The molecule has 21 heavy (non-hydrogen) atoms. The monoisotopic (exact) mass is 305 g/mol. The summed E-state index contributed by atoms with van der Waals surface area (Å²) in [6.45, 7) is 0.583. The van der Waals surface area contributed by atoms with Crippen LogP contribution in [0.4, 0.5) is 5.69 Å². The third kappa shape index (κ3) is 3.28. The molecule has 4 nitrogen and oxygen atoms in total. The van der Waals surface area contributed by atoms with Gasteiger partial charge in [-0.1, -0.05) is 31.4 Å². The molecular weight excluding hydrogens is 284 g/mol. The molecule has 0 radical (unpaired) electrons. The number of hydrogen-bond donors (Lipinski definition) is 1. The molecule has 1 aromatic rings. The minimum atomic E-state index is -0.117. The van der Waals surface area contributed by atoms with Gasteiger partial charge in [0, 0.05) is 29.9 Å². The summed E-state index contributed by atoms with van der Waals surface area (Å²) in [6.07, 6.45) is 6.31. The van der Waals surface area contributed by atoms with E-state index < -0.39 is 0 Å². The van der Waals surface area contributed by atoms with Crippen molar-refractivity contribution in [2.75, 3.05) is 6.54 Å². The number of amides is 1. The Hall–Kier alpha value is -1.36. The molecule has 1 N–H and O–H groups in total. The lowest BCUT2D eigenvalue weighted by atomic mass is 9.89. The van der Waals surface area contributed by atoms with E-state index in [4.69, 9.17) is 0 Å². The number of nitrogens with zero attached hydrogens (tertiary/aromatic N) is 1. The molecule has 1 unspecified atom stereocenters. The SMILES string of the molecule is O=C(NCCC1Sc2ccccc2[N+]1=O)C1CCCCC1. The predicted molar refractivity (Wildman–Crippen MR) is 83.6 cm³/mol. The van der Waals surface area contributed by atoms with E-state index in [1.807, 2.05) is 24.3 Å². The highest BCUT2D eigenvalue weighted by atomic mass is 32.2. The van der Waals surface area contributed by atoms with Gasteiger partial charge in [-0.05, 0) is 30.7 Å². The van der Waals surface area contributed by atoms with Gasteiger partial charge in [-0.3, -0.25) is 4.79 Å². The van der Waals surface area contributed by atoms with Crippen LogP contribution in [0.2, 0.25) is 0 Å². The van der Waals surface area contributed by atoms with Crippen LogP contribution in [-0.2, 0) is 4.79 Å². The van der Waals surface area contributed by atoms with Gasteiger partial charge in [0.15, 0.2) is 0 Å². The Morgan fingerprint density at radius 3 is 2.76 bits per heavy atom. The van der Waals surface area contributed by atoms with Crippen LogP contribution >= 0.6 is 11.8 Å². The molecule has 1 fully saturated rings. The Morgan fingerprint density at radius 2 is 2.00 bits per heavy atom. The second-order valence-electron chi connectivity index (χ2n) is 5.78. The normalized spacial score (nSPS) is 22.1. The molecule has 0 spiro atoms. The van der Waals surface area contributed by atoms with E-state index in [0.717, 1.165) is 28.2 Å². The number of hydrogen-bond acceptors (Lipinski definition) is 3. The second-order valence-corrected chi connectivity index (χ2v) is 7.00. The second kappa shape index (κ2) is 6.60. The molecule has 112 valence electrons. The smallest absolute Gasteiger partial charge is 0.271 e. The largest absolute Gasteiger partial charge is 0.356 e. The maximum atomic E-state index is 12.2. The van der Waals surface area contributed by atoms with Gasteiger partial charge in [-0.2, -0.15) is 0 Å². The van der Waals surface area contributed by atoms with Gasteiger partial charge in [-0.25, -0.2) is 0 Å². The maximum absolute atomic E-state index is 12.2. The van der Waals surface area contributed by atoms with Crippen molar-refractivity contribution in [1.82, 2.24) is 5.32 Å². The predicted octanol–water partition coefficient (Wildman–Crippen LogP) is 3.62. The molecule has 1 aliphatic carbocycles. The van der Waals surface area contributed by atoms with Crippen LogP contribution < -0.4 is 5.32 Å². The van der Waals surface area contributed by atoms with Gasteiger partial charge in [0.05, 0.1) is 9.66 Å². The fourth-order valence-corrected chi connectivity index (χ4v) is 4.27. The van der Waals surface area contributed by atoms with Gasteiger partial charge >= 0.3 is 0 Å². The number of rotatable bonds is 4. The Morgan fingerprint density at radius 1 is 1.24 bits per heavy atom. The van der Waals surface area contributed by atoms with Crippen molar-refractivity contribution >= 4 is 23.4 Å². The summed E-state index contributed by atoms with van der Waals surface area (Å²) in [7, 11) is 0. The zero-order valence-corrected chi connectivity index (χ0v) is 12.9. The van der Waals surface area contributed by atoms with Gasteiger partial charge < -0.3 is 5.32 Å². The minimum absolute atomic E-state index is 0.117. The molecule has 5 heteroatoms. The van der Waals surface area contributed by atoms with Gasteiger partial charge in [0.1, 0.15) is 0 Å². The van der Waals surface area contributed by atoms with Crippen molar-refractivity contribution in [3.05, 3.63) is 29.2 Å². The highest BCUT2D eigenvalue weighted by molar-refractivity contribution is 8.00. The number of carbonyl (C=O) groups excluding carboxylic acids is 1. The van der Waals surface area contributed by atoms with E-state index in [2.05, 4.69) is 5.32 Å². The first-order chi connectivity index (χ1) is 10.3. The number of nitrogens with one attached hydrogen (secondary N) is 1. The average molecular weight is 305 g/mol. The van der Waals surface area contributed by atoms with Gasteiger partial charge in [-0.15, -0.1) is 0 Å². The van der Waals surface area contributed by atoms with Crippen molar-refractivity contribution < 1.29 is 9.55 Å². The van der Waals surface area contributed by atoms with Gasteiger partial charge in [0.25, 0.3) is 11.1 Å². The summed E-state index contributed by atoms with van der Waals surface area (Å²) in [5, 5.41) is 2.89. The lowest BCUT2D eigenvalue weighted by molar-refractivity contribution is -0.476. The van der Waals surface area contributed by atoms with E-state index in [0.29, 0.717) is 13.0 Å². The fourth-order valence-electron chi connectivity index (χ4n) is 3.09. The van der Waals surface area contributed by atoms with E-state index in [1.54, 1.807) is 11.8 Å². The average Bonchev–Trinajstić information content (AvgIpc) is 2.85. The number of fused-ring (bicyclic) bond motifs is 1. The lowest BCUT2D eigenvalue weighted by Gasteiger charge is -2.20. The van der Waals surface area contributed by atoms with Crippen LogP contribution in [0.25, 0.3) is 0 Å². The number of benzene rings is 1. The van der Waals surface area contributed by atoms with E-state index in [-0.39, 0.29) is 17.2 Å². The zero-order valence-electron chi connectivity index (χ0n) is 12.1. The van der Waals surface area contributed by atoms with Crippen LogP contribution in [0.1, 0.15) is 38.5 Å². The Labute approximate surface area is 129 Å². The molecule has 1 atom stereocenters. The summed E-state index contributed by atoms with van der Waals surface area (Å²) in [4.78, 5) is 25.3. The molecule has 0 bridgehead atoms. The van der Waals surface area contributed by atoms with Crippen LogP contribution in [0.15, 0.2) is 29.2 Å². The summed E-state index contributed by atoms with van der Waals surface area (Å²) >= 11 is 1.59. The van der Waals surface area contributed by atoms with Gasteiger partial charge in [0.2, 0.25) is 5.91 Å². The summed E-state index contributed by atoms with van der Waals surface area (Å²) in [6, 6.07) is 7.67. The van der Waals surface area contributed by atoms with E-state index >= 15 is 0 Å².